The molecule has 1 aromatic heterocycles. The zero-order valence-electron chi connectivity index (χ0n) is 14.7. The van der Waals surface area contributed by atoms with Crippen LogP contribution in [0.5, 0.6) is 0 Å². The molecule has 0 saturated carbocycles. The SMILES string of the molecule is OC1(c2nnc(-c3ccccc3Cc3ccc(C(F)(F)F)cc3)o2)CCOC1. The van der Waals surface area contributed by atoms with E-state index in [2.05, 4.69) is 10.2 Å². The summed E-state index contributed by atoms with van der Waals surface area (Å²) in [7, 11) is 0. The van der Waals surface area contributed by atoms with Crippen LogP contribution in [0.3, 0.4) is 0 Å². The van der Waals surface area contributed by atoms with Gasteiger partial charge in [-0.25, -0.2) is 0 Å². The molecular formula is C20H17F3N2O3. The quantitative estimate of drug-likeness (QED) is 0.731. The average molecular weight is 390 g/mol. The molecule has 0 spiro atoms. The summed E-state index contributed by atoms with van der Waals surface area (Å²) < 4.78 is 49.1. The Bertz CT molecular complexity index is 961. The molecule has 1 unspecified atom stereocenters. The molecule has 5 nitrogen and oxygen atoms in total. The molecule has 1 N–H and O–H groups in total. The van der Waals surface area contributed by atoms with Crippen LogP contribution >= 0.6 is 0 Å². The number of aromatic nitrogens is 2. The van der Waals surface area contributed by atoms with E-state index in [9.17, 15) is 18.3 Å². The first-order valence-corrected chi connectivity index (χ1v) is 8.74. The van der Waals surface area contributed by atoms with Gasteiger partial charge in [0, 0.05) is 12.0 Å². The van der Waals surface area contributed by atoms with Gasteiger partial charge in [-0.1, -0.05) is 30.3 Å². The molecule has 1 aliphatic heterocycles. The number of alkyl halides is 3. The summed E-state index contributed by atoms with van der Waals surface area (Å²) in [5.74, 6) is 0.349. The van der Waals surface area contributed by atoms with Gasteiger partial charge in [0.05, 0.1) is 18.8 Å². The van der Waals surface area contributed by atoms with Crippen LogP contribution in [-0.2, 0) is 22.9 Å². The number of rotatable bonds is 4. The number of hydrogen-bond donors (Lipinski definition) is 1. The van der Waals surface area contributed by atoms with Crippen LogP contribution in [0, 0.1) is 0 Å². The highest BCUT2D eigenvalue weighted by Gasteiger charge is 2.40. The van der Waals surface area contributed by atoms with Gasteiger partial charge in [-0.2, -0.15) is 13.2 Å². The van der Waals surface area contributed by atoms with Crippen LogP contribution in [0.2, 0.25) is 0 Å². The first kappa shape index (κ1) is 18.6. The van der Waals surface area contributed by atoms with Crippen LogP contribution in [0.1, 0.15) is 29.0 Å². The van der Waals surface area contributed by atoms with Crippen molar-refractivity contribution in [2.75, 3.05) is 13.2 Å². The topological polar surface area (TPSA) is 68.4 Å². The average Bonchev–Trinajstić information content (AvgIpc) is 3.32. The fourth-order valence-electron chi connectivity index (χ4n) is 3.16. The van der Waals surface area contributed by atoms with Gasteiger partial charge in [0.2, 0.25) is 5.89 Å². The van der Waals surface area contributed by atoms with Gasteiger partial charge < -0.3 is 14.3 Å². The lowest BCUT2D eigenvalue weighted by Crippen LogP contribution is -2.26. The highest BCUT2D eigenvalue weighted by atomic mass is 19.4. The van der Waals surface area contributed by atoms with Gasteiger partial charge in [0.1, 0.15) is 0 Å². The first-order chi connectivity index (χ1) is 13.4. The van der Waals surface area contributed by atoms with Crippen LogP contribution in [0.25, 0.3) is 11.5 Å². The van der Waals surface area contributed by atoms with Crippen molar-refractivity contribution in [1.29, 1.82) is 0 Å². The Morgan fingerprint density at radius 2 is 1.79 bits per heavy atom. The van der Waals surface area contributed by atoms with Crippen LogP contribution < -0.4 is 0 Å². The maximum atomic E-state index is 12.7. The Kier molecular flexibility index (Phi) is 4.68. The molecule has 2 aromatic carbocycles. The second kappa shape index (κ2) is 7.03. The zero-order chi connectivity index (χ0) is 19.8. The van der Waals surface area contributed by atoms with Crippen molar-refractivity contribution in [3.05, 3.63) is 71.1 Å². The highest BCUT2D eigenvalue weighted by Crippen LogP contribution is 2.33. The summed E-state index contributed by atoms with van der Waals surface area (Å²) in [6.07, 6.45) is -3.58. The summed E-state index contributed by atoms with van der Waals surface area (Å²) in [4.78, 5) is 0. The molecule has 0 bridgehead atoms. The summed E-state index contributed by atoms with van der Waals surface area (Å²) >= 11 is 0. The lowest BCUT2D eigenvalue weighted by molar-refractivity contribution is -0.137. The third-order valence-corrected chi connectivity index (χ3v) is 4.75. The van der Waals surface area contributed by atoms with E-state index in [1.54, 1.807) is 6.07 Å². The second-order valence-corrected chi connectivity index (χ2v) is 6.78. The van der Waals surface area contributed by atoms with E-state index < -0.39 is 17.3 Å². The molecule has 2 heterocycles. The molecule has 0 radical (unpaired) electrons. The smallest absolute Gasteiger partial charge is 0.416 e. The minimum Gasteiger partial charge on any atom is -0.417 e. The third kappa shape index (κ3) is 3.65. The highest BCUT2D eigenvalue weighted by molar-refractivity contribution is 5.59. The van der Waals surface area contributed by atoms with E-state index in [1.165, 1.54) is 12.1 Å². The Morgan fingerprint density at radius 1 is 1.04 bits per heavy atom. The second-order valence-electron chi connectivity index (χ2n) is 6.78. The largest absolute Gasteiger partial charge is 0.417 e. The summed E-state index contributed by atoms with van der Waals surface area (Å²) in [5, 5.41) is 18.5. The van der Waals surface area contributed by atoms with E-state index in [-0.39, 0.29) is 18.4 Å². The maximum Gasteiger partial charge on any atom is 0.416 e. The lowest BCUT2D eigenvalue weighted by Gasteiger charge is -2.14. The maximum absolute atomic E-state index is 12.7. The number of ether oxygens (including phenoxy) is 1. The number of nitrogens with zero attached hydrogens (tertiary/aromatic N) is 2. The Morgan fingerprint density at radius 3 is 2.46 bits per heavy atom. The van der Waals surface area contributed by atoms with E-state index >= 15 is 0 Å². The molecule has 3 aromatic rings. The minimum atomic E-state index is -4.36. The molecule has 0 amide bonds. The number of halogens is 3. The van der Waals surface area contributed by atoms with Crippen LogP contribution in [-0.4, -0.2) is 28.5 Å². The van der Waals surface area contributed by atoms with Gasteiger partial charge in [0.25, 0.3) is 5.89 Å². The lowest BCUT2D eigenvalue weighted by atomic mass is 9.99. The van der Waals surface area contributed by atoms with E-state index in [4.69, 9.17) is 9.15 Å². The minimum absolute atomic E-state index is 0.0990. The third-order valence-electron chi connectivity index (χ3n) is 4.75. The van der Waals surface area contributed by atoms with Crippen LogP contribution in [0.4, 0.5) is 13.2 Å². The molecule has 1 aliphatic rings. The zero-order valence-corrected chi connectivity index (χ0v) is 14.7. The van der Waals surface area contributed by atoms with Crippen molar-refractivity contribution in [3.8, 4) is 11.5 Å². The normalized spacial score (nSPS) is 19.9. The fraction of sp³-hybridized carbons (Fsp3) is 0.300. The summed E-state index contributed by atoms with van der Waals surface area (Å²) in [6, 6.07) is 12.3. The van der Waals surface area contributed by atoms with E-state index in [1.807, 2.05) is 18.2 Å². The van der Waals surface area contributed by atoms with Crippen molar-refractivity contribution in [2.24, 2.45) is 0 Å². The fourth-order valence-corrected chi connectivity index (χ4v) is 3.16. The molecule has 4 rings (SSSR count). The van der Waals surface area contributed by atoms with Gasteiger partial charge >= 0.3 is 6.18 Å². The molecule has 1 atom stereocenters. The van der Waals surface area contributed by atoms with Crippen molar-refractivity contribution in [1.82, 2.24) is 10.2 Å². The Hall–Kier alpha value is -2.71. The number of aliphatic hydroxyl groups is 1. The molecular weight excluding hydrogens is 373 g/mol. The van der Waals surface area contributed by atoms with Crippen molar-refractivity contribution < 1.29 is 27.4 Å². The van der Waals surface area contributed by atoms with Crippen LogP contribution in [0.15, 0.2) is 52.9 Å². The monoisotopic (exact) mass is 390 g/mol. The first-order valence-electron chi connectivity index (χ1n) is 8.74. The van der Waals surface area contributed by atoms with E-state index in [0.29, 0.717) is 25.0 Å². The van der Waals surface area contributed by atoms with Gasteiger partial charge in [0.15, 0.2) is 5.60 Å². The van der Waals surface area contributed by atoms with Crippen molar-refractivity contribution in [2.45, 2.75) is 24.6 Å². The Labute approximate surface area is 158 Å². The predicted molar refractivity (Wildman–Crippen MR) is 93.3 cm³/mol. The standard InChI is InChI=1S/C20H17F3N2O3/c21-20(22,23)15-7-5-13(6-8-15)11-14-3-1-2-4-16(14)17-24-25-18(28-17)19(26)9-10-27-12-19/h1-8,26H,9-12H2. The summed E-state index contributed by atoms with van der Waals surface area (Å²) in [5.41, 5.74) is 0.255. The van der Waals surface area contributed by atoms with Gasteiger partial charge in [-0.3, -0.25) is 0 Å². The number of benzene rings is 2. The Balaban J connectivity index is 1.60. The molecule has 1 saturated heterocycles. The van der Waals surface area contributed by atoms with Gasteiger partial charge in [-0.05, 0) is 35.7 Å². The summed E-state index contributed by atoms with van der Waals surface area (Å²) in [6.45, 7) is 0.514. The molecule has 146 valence electrons. The van der Waals surface area contributed by atoms with Crippen molar-refractivity contribution in [3.63, 3.8) is 0 Å². The predicted octanol–water partition coefficient (Wildman–Crippen LogP) is 3.95. The van der Waals surface area contributed by atoms with E-state index in [0.717, 1.165) is 23.3 Å². The number of hydrogen-bond acceptors (Lipinski definition) is 5. The van der Waals surface area contributed by atoms with Crippen molar-refractivity contribution >= 4 is 0 Å². The van der Waals surface area contributed by atoms with Gasteiger partial charge in [-0.15, -0.1) is 10.2 Å². The molecule has 1 fully saturated rings. The molecule has 0 aliphatic carbocycles. The molecule has 8 heteroatoms. The molecule has 28 heavy (non-hydrogen) atoms.